The molecule has 0 aliphatic heterocycles. The molecule has 2 N–H and O–H groups in total. The summed E-state index contributed by atoms with van der Waals surface area (Å²) in [7, 11) is -1.81. The molecule has 3 aromatic rings. The van der Waals surface area contributed by atoms with Crippen molar-refractivity contribution in [1.82, 2.24) is 10.3 Å². The van der Waals surface area contributed by atoms with E-state index in [0.29, 0.717) is 12.2 Å². The minimum Gasteiger partial charge on any atom is -0.316 e. The van der Waals surface area contributed by atoms with Crippen LogP contribution in [0, 0.1) is 0 Å². The second kappa shape index (κ2) is 7.46. The molecule has 25 heavy (non-hydrogen) atoms. The third-order valence-corrected chi connectivity index (χ3v) is 5.14. The van der Waals surface area contributed by atoms with Crippen molar-refractivity contribution in [3.63, 3.8) is 0 Å². The van der Waals surface area contributed by atoms with Gasteiger partial charge in [0.2, 0.25) is 0 Å². The highest BCUT2D eigenvalue weighted by Gasteiger charge is 2.16. The molecular weight excluding hydrogens is 334 g/mol. The van der Waals surface area contributed by atoms with E-state index in [-0.39, 0.29) is 4.90 Å². The zero-order valence-corrected chi connectivity index (χ0v) is 14.6. The van der Waals surface area contributed by atoms with Crippen LogP contribution in [0.4, 0.5) is 5.69 Å². The summed E-state index contributed by atoms with van der Waals surface area (Å²) >= 11 is 0. The Balaban J connectivity index is 2.05. The normalized spacial score (nSPS) is 11.2. The number of benzene rings is 2. The summed E-state index contributed by atoms with van der Waals surface area (Å²) in [5.74, 6) is 0. The van der Waals surface area contributed by atoms with Crippen molar-refractivity contribution in [2.45, 2.75) is 11.4 Å². The quantitative estimate of drug-likeness (QED) is 0.713. The van der Waals surface area contributed by atoms with Crippen molar-refractivity contribution in [3.05, 3.63) is 78.6 Å². The predicted octanol–water partition coefficient (Wildman–Crippen LogP) is 3.27. The molecule has 0 fully saturated rings. The summed E-state index contributed by atoms with van der Waals surface area (Å²) in [6.45, 7) is 0.649. The summed E-state index contributed by atoms with van der Waals surface area (Å²) in [5.41, 5.74) is 3.24. The second-order valence-corrected chi connectivity index (χ2v) is 7.25. The van der Waals surface area contributed by atoms with Crippen molar-refractivity contribution < 1.29 is 8.42 Å². The van der Waals surface area contributed by atoms with Crippen LogP contribution in [-0.2, 0) is 16.6 Å². The number of sulfonamides is 1. The van der Waals surface area contributed by atoms with Crippen molar-refractivity contribution in [1.29, 1.82) is 0 Å². The standard InChI is InChI=1S/C19H19N3O2S/c1-20-14-15-7-8-18(16-9-11-21-12-10-16)19(13-15)22-25(23,24)17-5-3-2-4-6-17/h2-13,20,22H,14H2,1H3. The molecule has 6 heteroatoms. The zero-order chi connectivity index (χ0) is 17.7. The second-order valence-electron chi connectivity index (χ2n) is 5.56. The number of rotatable bonds is 6. The Bertz CT molecular complexity index is 943. The average molecular weight is 353 g/mol. The average Bonchev–Trinajstić information content (AvgIpc) is 2.63. The van der Waals surface area contributed by atoms with E-state index in [4.69, 9.17) is 0 Å². The van der Waals surface area contributed by atoms with Crippen LogP contribution in [0.3, 0.4) is 0 Å². The minimum atomic E-state index is -3.66. The minimum absolute atomic E-state index is 0.231. The molecule has 0 atom stereocenters. The third kappa shape index (κ3) is 4.04. The maximum atomic E-state index is 12.7. The number of hydrogen-bond acceptors (Lipinski definition) is 4. The highest BCUT2D eigenvalue weighted by atomic mass is 32.2. The van der Waals surface area contributed by atoms with E-state index < -0.39 is 10.0 Å². The van der Waals surface area contributed by atoms with E-state index in [1.807, 2.05) is 37.4 Å². The fourth-order valence-corrected chi connectivity index (χ4v) is 3.67. The van der Waals surface area contributed by atoms with Gasteiger partial charge in [0.1, 0.15) is 0 Å². The molecule has 1 aromatic heterocycles. The van der Waals surface area contributed by atoms with E-state index in [9.17, 15) is 8.42 Å². The third-order valence-electron chi connectivity index (χ3n) is 3.75. The Kier molecular flexibility index (Phi) is 5.11. The SMILES string of the molecule is CNCc1ccc(-c2ccncc2)c(NS(=O)(=O)c2ccccc2)c1. The smallest absolute Gasteiger partial charge is 0.261 e. The molecule has 0 bridgehead atoms. The van der Waals surface area contributed by atoms with Crippen molar-refractivity contribution >= 4 is 15.7 Å². The lowest BCUT2D eigenvalue weighted by atomic mass is 10.0. The lowest BCUT2D eigenvalue weighted by Crippen LogP contribution is -2.14. The van der Waals surface area contributed by atoms with Crippen LogP contribution in [0.15, 0.2) is 78.0 Å². The van der Waals surface area contributed by atoms with Gasteiger partial charge in [-0.25, -0.2) is 8.42 Å². The Morgan fingerprint density at radius 1 is 0.960 bits per heavy atom. The van der Waals surface area contributed by atoms with Crippen molar-refractivity contribution in [2.24, 2.45) is 0 Å². The van der Waals surface area contributed by atoms with Crippen molar-refractivity contribution in [3.8, 4) is 11.1 Å². The van der Waals surface area contributed by atoms with Crippen LogP contribution in [-0.4, -0.2) is 20.4 Å². The Morgan fingerprint density at radius 2 is 1.68 bits per heavy atom. The molecular formula is C19H19N3O2S. The maximum absolute atomic E-state index is 12.7. The van der Waals surface area contributed by atoms with Gasteiger partial charge in [0.05, 0.1) is 10.6 Å². The first-order valence-electron chi connectivity index (χ1n) is 7.86. The van der Waals surface area contributed by atoms with Crippen LogP contribution < -0.4 is 10.0 Å². The van der Waals surface area contributed by atoms with E-state index in [1.54, 1.807) is 42.7 Å². The van der Waals surface area contributed by atoms with E-state index in [2.05, 4.69) is 15.0 Å². The Labute approximate surface area is 147 Å². The molecule has 0 spiro atoms. The number of aromatic nitrogens is 1. The fraction of sp³-hybridized carbons (Fsp3) is 0.105. The van der Waals surface area contributed by atoms with Gasteiger partial charge in [-0.15, -0.1) is 0 Å². The fourth-order valence-electron chi connectivity index (χ4n) is 2.58. The van der Waals surface area contributed by atoms with Crippen LogP contribution in [0.25, 0.3) is 11.1 Å². The Hall–Kier alpha value is -2.70. The van der Waals surface area contributed by atoms with Gasteiger partial charge in [-0.3, -0.25) is 9.71 Å². The number of nitrogens with zero attached hydrogens (tertiary/aromatic N) is 1. The molecule has 0 amide bonds. The van der Waals surface area contributed by atoms with Crippen LogP contribution in [0.2, 0.25) is 0 Å². The van der Waals surface area contributed by atoms with Gasteiger partial charge in [-0.1, -0.05) is 30.3 Å². The molecule has 0 radical (unpaired) electrons. The van der Waals surface area contributed by atoms with E-state index >= 15 is 0 Å². The number of hydrogen-bond donors (Lipinski definition) is 2. The predicted molar refractivity (Wildman–Crippen MR) is 99.7 cm³/mol. The Morgan fingerprint density at radius 3 is 2.36 bits per heavy atom. The molecule has 3 rings (SSSR count). The van der Waals surface area contributed by atoms with Gasteiger partial charge in [0.25, 0.3) is 10.0 Å². The van der Waals surface area contributed by atoms with Gasteiger partial charge in [0.15, 0.2) is 0 Å². The molecule has 128 valence electrons. The molecule has 0 aliphatic carbocycles. The lowest BCUT2D eigenvalue weighted by molar-refractivity contribution is 0.601. The van der Waals surface area contributed by atoms with E-state index in [0.717, 1.165) is 16.7 Å². The first-order chi connectivity index (χ1) is 12.1. The molecule has 0 saturated carbocycles. The summed E-state index contributed by atoms with van der Waals surface area (Å²) in [4.78, 5) is 4.25. The van der Waals surface area contributed by atoms with Crippen LogP contribution in [0.1, 0.15) is 5.56 Å². The summed E-state index contributed by atoms with van der Waals surface area (Å²) in [6.07, 6.45) is 3.37. The molecule has 0 saturated heterocycles. The number of nitrogens with one attached hydrogen (secondary N) is 2. The molecule has 5 nitrogen and oxygen atoms in total. The highest BCUT2D eigenvalue weighted by Crippen LogP contribution is 2.30. The first kappa shape index (κ1) is 17.1. The highest BCUT2D eigenvalue weighted by molar-refractivity contribution is 7.92. The molecule has 2 aromatic carbocycles. The van der Waals surface area contributed by atoms with Gasteiger partial charge >= 0.3 is 0 Å². The van der Waals surface area contributed by atoms with E-state index in [1.165, 1.54) is 0 Å². The summed E-state index contributed by atoms with van der Waals surface area (Å²) in [5, 5.41) is 3.08. The monoisotopic (exact) mass is 353 g/mol. The van der Waals surface area contributed by atoms with Gasteiger partial charge in [-0.2, -0.15) is 0 Å². The first-order valence-corrected chi connectivity index (χ1v) is 9.34. The zero-order valence-electron chi connectivity index (χ0n) is 13.8. The van der Waals surface area contributed by atoms with Crippen molar-refractivity contribution in [2.75, 3.05) is 11.8 Å². The molecule has 0 unspecified atom stereocenters. The topological polar surface area (TPSA) is 71.1 Å². The van der Waals surface area contributed by atoms with Crippen LogP contribution in [0.5, 0.6) is 0 Å². The maximum Gasteiger partial charge on any atom is 0.261 e. The summed E-state index contributed by atoms with van der Waals surface area (Å²) < 4.78 is 28.2. The summed E-state index contributed by atoms with van der Waals surface area (Å²) in [6, 6.07) is 17.8. The number of anilines is 1. The van der Waals surface area contributed by atoms with Gasteiger partial charge in [-0.05, 0) is 48.5 Å². The molecule has 1 heterocycles. The largest absolute Gasteiger partial charge is 0.316 e. The van der Waals surface area contributed by atoms with Gasteiger partial charge < -0.3 is 5.32 Å². The number of pyridine rings is 1. The molecule has 0 aliphatic rings. The lowest BCUT2D eigenvalue weighted by Gasteiger charge is -2.15. The van der Waals surface area contributed by atoms with Gasteiger partial charge in [0, 0.05) is 24.5 Å². The van der Waals surface area contributed by atoms with Crippen LogP contribution >= 0.6 is 0 Å².